The molecule has 1 amide bonds. The van der Waals surface area contributed by atoms with Gasteiger partial charge in [0.1, 0.15) is 29.8 Å². The molecule has 1 aromatic heterocycles. The number of alkyl halides is 3. The van der Waals surface area contributed by atoms with Crippen LogP contribution in [0.1, 0.15) is 29.0 Å². The molecule has 0 unspecified atom stereocenters. The second kappa shape index (κ2) is 7.19. The Labute approximate surface area is 146 Å². The summed E-state index contributed by atoms with van der Waals surface area (Å²) >= 11 is 0. The molecule has 0 bridgehead atoms. The number of benzene rings is 1. The number of carbonyl (C=O) groups excluding carboxylic acids is 1. The zero-order chi connectivity index (χ0) is 18.7. The molecule has 2 aromatic rings. The van der Waals surface area contributed by atoms with Crippen molar-refractivity contribution in [1.29, 1.82) is 0 Å². The second-order valence-electron chi connectivity index (χ2n) is 5.87. The van der Waals surface area contributed by atoms with E-state index in [-0.39, 0.29) is 31.8 Å². The lowest BCUT2D eigenvalue weighted by molar-refractivity contribution is -0.169. The minimum Gasteiger partial charge on any atom is -0.486 e. The van der Waals surface area contributed by atoms with Crippen molar-refractivity contribution in [3.05, 3.63) is 58.3 Å². The number of rotatable bonds is 4. The van der Waals surface area contributed by atoms with Gasteiger partial charge in [0.15, 0.2) is 0 Å². The summed E-state index contributed by atoms with van der Waals surface area (Å²) in [6, 6.07) is 6.96. The third-order valence-corrected chi connectivity index (χ3v) is 4.09. The monoisotopic (exact) mass is 367 g/mol. The Morgan fingerprint density at radius 1 is 1.31 bits per heavy atom. The van der Waals surface area contributed by atoms with Crippen LogP contribution >= 0.6 is 0 Å². The predicted octanol–water partition coefficient (Wildman–Crippen LogP) is 2.52. The van der Waals surface area contributed by atoms with Gasteiger partial charge < -0.3 is 14.6 Å². The van der Waals surface area contributed by atoms with Gasteiger partial charge in [0.25, 0.3) is 11.5 Å². The van der Waals surface area contributed by atoms with Crippen LogP contribution in [-0.4, -0.2) is 39.5 Å². The van der Waals surface area contributed by atoms with Crippen LogP contribution in [0.5, 0.6) is 5.75 Å². The summed E-state index contributed by atoms with van der Waals surface area (Å²) < 4.78 is 44.4. The van der Waals surface area contributed by atoms with Gasteiger partial charge in [0, 0.05) is 12.7 Å². The van der Waals surface area contributed by atoms with Crippen molar-refractivity contribution >= 4 is 5.91 Å². The number of aromatic amines is 1. The summed E-state index contributed by atoms with van der Waals surface area (Å²) in [5.74, 6) is -0.223. The average Bonchev–Trinajstić information content (AvgIpc) is 3.11. The van der Waals surface area contributed by atoms with Gasteiger partial charge in [-0.25, -0.2) is 4.98 Å². The van der Waals surface area contributed by atoms with Crippen molar-refractivity contribution in [3.63, 3.8) is 0 Å². The second-order valence-corrected chi connectivity index (χ2v) is 5.87. The van der Waals surface area contributed by atoms with Crippen molar-refractivity contribution < 1.29 is 22.7 Å². The molecule has 1 fully saturated rings. The summed E-state index contributed by atoms with van der Waals surface area (Å²) in [5, 5.41) is 0. The summed E-state index contributed by atoms with van der Waals surface area (Å²) in [6.07, 6.45) is -3.44. The van der Waals surface area contributed by atoms with E-state index in [2.05, 4.69) is 9.97 Å². The third-order valence-electron chi connectivity index (χ3n) is 4.09. The van der Waals surface area contributed by atoms with E-state index in [9.17, 15) is 22.8 Å². The zero-order valence-electron chi connectivity index (χ0n) is 13.6. The lowest BCUT2D eigenvalue weighted by Gasteiger charge is -2.26. The van der Waals surface area contributed by atoms with Crippen molar-refractivity contribution in [2.45, 2.75) is 31.7 Å². The molecule has 6 nitrogen and oxygen atoms in total. The van der Waals surface area contributed by atoms with Gasteiger partial charge in [0.2, 0.25) is 0 Å². The Bertz CT molecular complexity index is 836. The largest absolute Gasteiger partial charge is 0.486 e. The first-order valence-electron chi connectivity index (χ1n) is 8.00. The lowest BCUT2D eigenvalue weighted by Crippen LogP contribution is -2.46. The molecule has 0 saturated carbocycles. The van der Waals surface area contributed by atoms with Gasteiger partial charge in [-0.3, -0.25) is 9.59 Å². The molecule has 2 heterocycles. The first kappa shape index (κ1) is 18.0. The van der Waals surface area contributed by atoms with Crippen molar-refractivity contribution in [3.8, 4) is 5.75 Å². The third kappa shape index (κ3) is 3.87. The summed E-state index contributed by atoms with van der Waals surface area (Å²) in [5.41, 5.74) is -1.20. The van der Waals surface area contributed by atoms with E-state index < -0.39 is 29.2 Å². The Balaban J connectivity index is 1.73. The maximum atomic E-state index is 13.0. The summed E-state index contributed by atoms with van der Waals surface area (Å²) in [6.45, 7) is -0.0794. The number of aromatic nitrogens is 2. The maximum Gasteiger partial charge on any atom is 0.408 e. The van der Waals surface area contributed by atoms with E-state index in [1.165, 1.54) is 0 Å². The number of hydrogen-bond acceptors (Lipinski definition) is 4. The van der Waals surface area contributed by atoms with Gasteiger partial charge in [-0.1, -0.05) is 18.2 Å². The van der Waals surface area contributed by atoms with Crippen LogP contribution in [0, 0.1) is 0 Å². The van der Waals surface area contributed by atoms with Crippen molar-refractivity contribution in [1.82, 2.24) is 14.9 Å². The van der Waals surface area contributed by atoms with E-state index in [0.29, 0.717) is 10.6 Å². The Morgan fingerprint density at radius 2 is 2.04 bits per heavy atom. The fourth-order valence-electron chi connectivity index (χ4n) is 2.83. The normalized spacial score (nSPS) is 17.3. The van der Waals surface area contributed by atoms with Gasteiger partial charge in [-0.15, -0.1) is 0 Å². The molecule has 1 aliphatic rings. The maximum absolute atomic E-state index is 13.0. The Hall–Kier alpha value is -2.84. The number of amides is 1. The highest BCUT2D eigenvalue weighted by atomic mass is 19.4. The first-order valence-corrected chi connectivity index (χ1v) is 8.00. The molecular weight excluding hydrogens is 351 g/mol. The van der Waals surface area contributed by atoms with E-state index in [1.807, 2.05) is 6.07 Å². The van der Waals surface area contributed by atoms with E-state index in [0.717, 1.165) is 6.20 Å². The number of likely N-dealkylation sites (tertiary alicyclic amines) is 1. The highest BCUT2D eigenvalue weighted by Crippen LogP contribution is 2.33. The van der Waals surface area contributed by atoms with Crippen molar-refractivity contribution in [2.75, 3.05) is 6.54 Å². The number of H-pyrrole nitrogens is 1. The fourth-order valence-corrected chi connectivity index (χ4v) is 2.83. The minimum atomic E-state index is -4.52. The number of ether oxygens (including phenoxy) is 1. The van der Waals surface area contributed by atoms with Crippen LogP contribution in [0.2, 0.25) is 0 Å². The van der Waals surface area contributed by atoms with Crippen LogP contribution in [-0.2, 0) is 6.61 Å². The fraction of sp³-hybridized carbons (Fsp3) is 0.353. The van der Waals surface area contributed by atoms with E-state index in [4.69, 9.17) is 4.74 Å². The Morgan fingerprint density at radius 3 is 2.69 bits per heavy atom. The van der Waals surface area contributed by atoms with E-state index >= 15 is 0 Å². The van der Waals surface area contributed by atoms with E-state index in [1.54, 1.807) is 24.3 Å². The van der Waals surface area contributed by atoms with Gasteiger partial charge in [-0.2, -0.15) is 13.2 Å². The molecule has 0 aliphatic carbocycles. The molecule has 9 heteroatoms. The van der Waals surface area contributed by atoms with Crippen LogP contribution in [0.3, 0.4) is 0 Å². The number of hydrogen-bond donors (Lipinski definition) is 1. The average molecular weight is 367 g/mol. The molecule has 26 heavy (non-hydrogen) atoms. The summed E-state index contributed by atoms with van der Waals surface area (Å²) in [4.78, 5) is 31.5. The molecular formula is C17H16F3N3O3. The standard InChI is InChI=1S/C17H16F3N3O3/c18-17(19,20)13-7-4-8-23(13)16(25)12-9-21-14(22-15(12)24)10-26-11-5-2-1-3-6-11/h1-3,5-6,9,13H,4,7-8,10H2,(H,21,22,24)/t13-/m0/s1. The molecule has 138 valence electrons. The molecule has 3 rings (SSSR count). The van der Waals surface area contributed by atoms with Crippen LogP contribution in [0.15, 0.2) is 41.3 Å². The molecule has 1 atom stereocenters. The molecule has 0 spiro atoms. The predicted molar refractivity (Wildman–Crippen MR) is 85.7 cm³/mol. The summed E-state index contributed by atoms with van der Waals surface area (Å²) in [7, 11) is 0. The minimum absolute atomic E-state index is 0.0391. The molecule has 1 aliphatic heterocycles. The molecule has 1 saturated heterocycles. The SMILES string of the molecule is O=C(c1cnc(COc2ccccc2)[nH]c1=O)N1CCC[C@H]1C(F)(F)F. The zero-order valence-corrected chi connectivity index (χ0v) is 13.6. The smallest absolute Gasteiger partial charge is 0.408 e. The van der Waals surface area contributed by atoms with Crippen molar-refractivity contribution in [2.24, 2.45) is 0 Å². The first-order chi connectivity index (χ1) is 12.4. The molecule has 1 aromatic carbocycles. The van der Waals surface area contributed by atoms with Gasteiger partial charge in [0.05, 0.1) is 0 Å². The Kier molecular flexibility index (Phi) is 4.97. The molecule has 1 N–H and O–H groups in total. The highest BCUT2D eigenvalue weighted by Gasteiger charge is 2.48. The molecule has 0 radical (unpaired) electrons. The quantitative estimate of drug-likeness (QED) is 0.901. The van der Waals surface area contributed by atoms with Crippen LogP contribution < -0.4 is 10.3 Å². The van der Waals surface area contributed by atoms with Gasteiger partial charge in [-0.05, 0) is 25.0 Å². The number of nitrogens with zero attached hydrogens (tertiary/aromatic N) is 2. The number of nitrogens with one attached hydrogen (secondary N) is 1. The lowest BCUT2D eigenvalue weighted by atomic mass is 10.2. The number of para-hydroxylation sites is 1. The van der Waals surface area contributed by atoms with Crippen LogP contribution in [0.4, 0.5) is 13.2 Å². The number of carbonyl (C=O) groups is 1. The topological polar surface area (TPSA) is 75.3 Å². The van der Waals surface area contributed by atoms with Gasteiger partial charge >= 0.3 is 6.18 Å². The highest BCUT2D eigenvalue weighted by molar-refractivity contribution is 5.94. The van der Waals surface area contributed by atoms with Crippen LogP contribution in [0.25, 0.3) is 0 Å². The number of halogens is 3.